The van der Waals surface area contributed by atoms with Crippen LogP contribution in [0.4, 0.5) is 14.5 Å². The molecule has 2 fully saturated rings. The second kappa shape index (κ2) is 5.30. The molecule has 20 heavy (non-hydrogen) atoms. The molecule has 1 aromatic rings. The Balaban J connectivity index is 1.63. The molecular formula is C15H19F2NO2. The summed E-state index contributed by atoms with van der Waals surface area (Å²) in [6.07, 6.45) is 3.24. The van der Waals surface area contributed by atoms with E-state index in [1.807, 2.05) is 0 Å². The first kappa shape index (κ1) is 13.8. The van der Waals surface area contributed by atoms with Crippen LogP contribution >= 0.6 is 0 Å². The van der Waals surface area contributed by atoms with Gasteiger partial charge in [0.05, 0.1) is 18.9 Å². The van der Waals surface area contributed by atoms with Crippen molar-refractivity contribution in [3.05, 3.63) is 29.3 Å². The zero-order valence-electron chi connectivity index (χ0n) is 11.5. The number of halogens is 2. The quantitative estimate of drug-likeness (QED) is 0.902. The highest BCUT2D eigenvalue weighted by Gasteiger charge is 2.40. The smallest absolute Gasteiger partial charge is 0.168 e. The largest absolute Gasteiger partial charge is 0.380 e. The molecule has 110 valence electrons. The van der Waals surface area contributed by atoms with Crippen LogP contribution < -0.4 is 5.32 Å². The number of hydrogen-bond donors (Lipinski definition) is 1. The Bertz CT molecular complexity index is 491. The van der Waals surface area contributed by atoms with E-state index in [4.69, 9.17) is 9.47 Å². The summed E-state index contributed by atoms with van der Waals surface area (Å²) in [5, 5.41) is 3.10. The molecule has 0 amide bonds. The van der Waals surface area contributed by atoms with Gasteiger partial charge in [-0.2, -0.15) is 0 Å². The molecule has 0 aromatic heterocycles. The van der Waals surface area contributed by atoms with Crippen LogP contribution in [0.25, 0.3) is 0 Å². The molecule has 0 atom stereocenters. The van der Waals surface area contributed by atoms with E-state index >= 15 is 0 Å². The van der Waals surface area contributed by atoms with Crippen molar-refractivity contribution in [1.82, 2.24) is 0 Å². The third kappa shape index (κ3) is 2.65. The molecule has 1 aliphatic carbocycles. The maximum Gasteiger partial charge on any atom is 0.168 e. The van der Waals surface area contributed by atoms with Crippen LogP contribution in [0.1, 0.15) is 31.2 Å². The molecule has 1 aliphatic heterocycles. The molecular weight excluding hydrogens is 264 g/mol. The molecule has 1 heterocycles. The Morgan fingerprint density at radius 1 is 1.10 bits per heavy atom. The zero-order chi connectivity index (χ0) is 14.2. The Hall–Kier alpha value is -1.20. The highest BCUT2D eigenvalue weighted by Crippen LogP contribution is 2.36. The molecule has 1 aromatic carbocycles. The summed E-state index contributed by atoms with van der Waals surface area (Å²) in [5.74, 6) is -1.21. The molecule has 1 spiro atoms. The normalized spacial score (nSPS) is 22.4. The minimum Gasteiger partial charge on any atom is -0.380 e. The number of aryl methyl sites for hydroxylation is 1. The van der Waals surface area contributed by atoms with E-state index in [2.05, 4.69) is 5.32 Å². The predicted octanol–water partition coefficient (Wildman–Crippen LogP) is 3.37. The van der Waals surface area contributed by atoms with Crippen molar-refractivity contribution in [3.63, 3.8) is 0 Å². The predicted molar refractivity (Wildman–Crippen MR) is 71.6 cm³/mol. The molecule has 0 bridgehead atoms. The van der Waals surface area contributed by atoms with Crippen molar-refractivity contribution in [2.75, 3.05) is 18.5 Å². The lowest BCUT2D eigenvalue weighted by atomic mass is 9.90. The summed E-state index contributed by atoms with van der Waals surface area (Å²) in [4.78, 5) is 0. The number of hydrogen-bond acceptors (Lipinski definition) is 3. The van der Waals surface area contributed by atoms with E-state index in [1.165, 1.54) is 12.1 Å². The minimum atomic E-state index is -0.421. The van der Waals surface area contributed by atoms with Gasteiger partial charge >= 0.3 is 0 Å². The Kier molecular flexibility index (Phi) is 3.65. The summed E-state index contributed by atoms with van der Waals surface area (Å²) in [6, 6.07) is 2.59. The van der Waals surface area contributed by atoms with Gasteiger partial charge in [-0.1, -0.05) is 0 Å². The molecule has 2 aliphatic rings. The van der Waals surface area contributed by atoms with E-state index in [1.54, 1.807) is 6.92 Å². The fourth-order valence-electron chi connectivity index (χ4n) is 2.96. The summed E-state index contributed by atoms with van der Waals surface area (Å²) in [7, 11) is 0. The van der Waals surface area contributed by atoms with E-state index in [0.29, 0.717) is 18.8 Å². The van der Waals surface area contributed by atoms with Crippen LogP contribution in [0.3, 0.4) is 0 Å². The maximum atomic E-state index is 13.8. The maximum absolute atomic E-state index is 13.8. The summed E-state index contributed by atoms with van der Waals surface area (Å²) >= 11 is 0. The molecule has 0 unspecified atom stereocenters. The summed E-state index contributed by atoms with van der Waals surface area (Å²) in [6.45, 7) is 2.85. The number of rotatable bonds is 2. The van der Waals surface area contributed by atoms with Gasteiger partial charge in [-0.3, -0.25) is 0 Å². The molecule has 3 rings (SSSR count). The van der Waals surface area contributed by atoms with Crippen LogP contribution in [0.15, 0.2) is 12.1 Å². The van der Waals surface area contributed by atoms with Crippen molar-refractivity contribution >= 4 is 5.69 Å². The second-order valence-corrected chi connectivity index (χ2v) is 5.61. The van der Waals surface area contributed by atoms with Gasteiger partial charge in [0.15, 0.2) is 5.79 Å². The Labute approximate surface area is 117 Å². The first-order valence-electron chi connectivity index (χ1n) is 7.08. The Morgan fingerprint density at radius 3 is 2.40 bits per heavy atom. The van der Waals surface area contributed by atoms with E-state index in [0.717, 1.165) is 25.7 Å². The van der Waals surface area contributed by atoms with Gasteiger partial charge in [-0.25, -0.2) is 8.78 Å². The molecule has 3 nitrogen and oxygen atoms in total. The molecule has 1 N–H and O–H groups in total. The monoisotopic (exact) mass is 283 g/mol. The van der Waals surface area contributed by atoms with Crippen molar-refractivity contribution in [3.8, 4) is 0 Å². The van der Waals surface area contributed by atoms with E-state index < -0.39 is 11.6 Å². The van der Waals surface area contributed by atoms with Gasteiger partial charge in [-0.15, -0.1) is 0 Å². The zero-order valence-corrected chi connectivity index (χ0v) is 11.5. The molecule has 1 saturated carbocycles. The molecule has 5 heteroatoms. The lowest BCUT2D eigenvalue weighted by Gasteiger charge is -2.36. The first-order valence-corrected chi connectivity index (χ1v) is 7.08. The summed E-state index contributed by atoms with van der Waals surface area (Å²) in [5.41, 5.74) is 0.561. The highest BCUT2D eigenvalue weighted by molar-refractivity contribution is 5.47. The van der Waals surface area contributed by atoms with Crippen LogP contribution in [-0.2, 0) is 9.47 Å². The third-order valence-corrected chi connectivity index (χ3v) is 4.17. The third-order valence-electron chi connectivity index (χ3n) is 4.17. The first-order chi connectivity index (χ1) is 9.58. The van der Waals surface area contributed by atoms with Gasteiger partial charge in [0.25, 0.3) is 0 Å². The second-order valence-electron chi connectivity index (χ2n) is 5.61. The number of benzene rings is 1. The van der Waals surface area contributed by atoms with Crippen molar-refractivity contribution in [2.45, 2.75) is 44.4 Å². The van der Waals surface area contributed by atoms with Crippen LogP contribution in [0.2, 0.25) is 0 Å². The highest BCUT2D eigenvalue weighted by atomic mass is 19.1. The van der Waals surface area contributed by atoms with Gasteiger partial charge in [0.2, 0.25) is 0 Å². The van der Waals surface area contributed by atoms with Gasteiger partial charge in [0, 0.05) is 24.9 Å². The van der Waals surface area contributed by atoms with Gasteiger partial charge < -0.3 is 14.8 Å². The minimum absolute atomic E-state index is 0.130. The van der Waals surface area contributed by atoms with Crippen molar-refractivity contribution in [1.29, 1.82) is 0 Å². The fourth-order valence-corrected chi connectivity index (χ4v) is 2.96. The van der Waals surface area contributed by atoms with Gasteiger partial charge in [0.1, 0.15) is 11.6 Å². The number of nitrogens with one attached hydrogen (secondary N) is 1. The average molecular weight is 283 g/mol. The van der Waals surface area contributed by atoms with Crippen LogP contribution in [0.5, 0.6) is 0 Å². The summed E-state index contributed by atoms with van der Waals surface area (Å²) < 4.78 is 38.6. The van der Waals surface area contributed by atoms with Crippen LogP contribution in [0, 0.1) is 18.6 Å². The standard InChI is InChI=1S/C15H19F2NO2/c1-10-8-13(17)14(9-12(10)16)18-11-2-4-15(5-3-11)19-6-7-20-15/h8-9,11,18H,2-7H2,1H3. The lowest BCUT2D eigenvalue weighted by Crippen LogP contribution is -2.39. The fraction of sp³-hybridized carbons (Fsp3) is 0.600. The van der Waals surface area contributed by atoms with E-state index in [-0.39, 0.29) is 17.5 Å². The van der Waals surface area contributed by atoms with Crippen molar-refractivity contribution in [2.24, 2.45) is 0 Å². The SMILES string of the molecule is Cc1cc(F)c(NC2CCC3(CC2)OCCO3)cc1F. The number of ether oxygens (including phenoxy) is 2. The van der Waals surface area contributed by atoms with Crippen LogP contribution in [-0.4, -0.2) is 25.0 Å². The van der Waals surface area contributed by atoms with Gasteiger partial charge in [-0.05, 0) is 31.4 Å². The number of anilines is 1. The molecule has 1 saturated heterocycles. The Morgan fingerprint density at radius 2 is 1.75 bits per heavy atom. The topological polar surface area (TPSA) is 30.5 Å². The average Bonchev–Trinajstić information content (AvgIpc) is 2.87. The van der Waals surface area contributed by atoms with E-state index in [9.17, 15) is 8.78 Å². The molecule has 0 radical (unpaired) electrons. The lowest BCUT2D eigenvalue weighted by molar-refractivity contribution is -0.177. The van der Waals surface area contributed by atoms with Crippen molar-refractivity contribution < 1.29 is 18.3 Å².